The summed E-state index contributed by atoms with van der Waals surface area (Å²) in [5.41, 5.74) is 9.67. The lowest BCUT2D eigenvalue weighted by Gasteiger charge is -2.31. The third kappa shape index (κ3) is 2.58. The standard InChI is InChI=1S/C16H15BrClNO/c1-9-2-5-15-12(6-9)14(19)8-16(20-15)11-4-3-10(18)7-13(11)17/h2-7,14,16H,8,19H2,1H3/t14-,16?/m1/s1. The van der Waals surface area contributed by atoms with Crippen molar-refractivity contribution >= 4 is 27.5 Å². The van der Waals surface area contributed by atoms with E-state index in [1.807, 2.05) is 30.3 Å². The van der Waals surface area contributed by atoms with E-state index in [4.69, 9.17) is 22.1 Å². The molecule has 0 saturated carbocycles. The summed E-state index contributed by atoms with van der Waals surface area (Å²) in [7, 11) is 0. The molecule has 0 aromatic heterocycles. The highest BCUT2D eigenvalue weighted by Gasteiger charge is 2.28. The number of aryl methyl sites for hydroxylation is 1. The van der Waals surface area contributed by atoms with Crippen LogP contribution >= 0.6 is 27.5 Å². The van der Waals surface area contributed by atoms with Crippen molar-refractivity contribution < 1.29 is 4.74 Å². The molecule has 2 N–H and O–H groups in total. The molecule has 1 heterocycles. The number of hydrogen-bond acceptors (Lipinski definition) is 2. The van der Waals surface area contributed by atoms with Gasteiger partial charge >= 0.3 is 0 Å². The van der Waals surface area contributed by atoms with Gasteiger partial charge in [0.25, 0.3) is 0 Å². The smallest absolute Gasteiger partial charge is 0.127 e. The van der Waals surface area contributed by atoms with Gasteiger partial charge in [0.15, 0.2) is 0 Å². The van der Waals surface area contributed by atoms with Crippen molar-refractivity contribution in [3.8, 4) is 5.75 Å². The molecule has 0 amide bonds. The second kappa shape index (κ2) is 5.40. The van der Waals surface area contributed by atoms with Crippen LogP contribution in [0.4, 0.5) is 0 Å². The zero-order chi connectivity index (χ0) is 14.3. The molecule has 4 heteroatoms. The Morgan fingerprint density at radius 2 is 2.00 bits per heavy atom. The minimum absolute atomic E-state index is 0.00812. The van der Waals surface area contributed by atoms with E-state index in [0.29, 0.717) is 5.02 Å². The molecule has 2 nitrogen and oxygen atoms in total. The third-order valence-electron chi connectivity index (χ3n) is 3.61. The van der Waals surface area contributed by atoms with Crippen molar-refractivity contribution in [1.82, 2.24) is 0 Å². The van der Waals surface area contributed by atoms with Gasteiger partial charge in [-0.2, -0.15) is 0 Å². The fourth-order valence-corrected chi connectivity index (χ4v) is 3.52. The first kappa shape index (κ1) is 13.9. The monoisotopic (exact) mass is 351 g/mol. The van der Waals surface area contributed by atoms with Gasteiger partial charge in [0.2, 0.25) is 0 Å². The molecule has 0 radical (unpaired) electrons. The van der Waals surface area contributed by atoms with Gasteiger partial charge in [0, 0.05) is 33.1 Å². The number of halogens is 2. The predicted molar refractivity (Wildman–Crippen MR) is 85.2 cm³/mol. The van der Waals surface area contributed by atoms with E-state index in [1.165, 1.54) is 5.56 Å². The van der Waals surface area contributed by atoms with E-state index in [1.54, 1.807) is 0 Å². The van der Waals surface area contributed by atoms with Crippen molar-refractivity contribution in [1.29, 1.82) is 0 Å². The van der Waals surface area contributed by atoms with E-state index >= 15 is 0 Å². The van der Waals surface area contributed by atoms with Crippen LogP contribution in [0.25, 0.3) is 0 Å². The number of ether oxygens (including phenoxy) is 1. The molecule has 0 saturated heterocycles. The lowest BCUT2D eigenvalue weighted by atomic mass is 9.93. The zero-order valence-corrected chi connectivity index (χ0v) is 13.4. The summed E-state index contributed by atoms with van der Waals surface area (Å²) in [6, 6.07) is 11.9. The summed E-state index contributed by atoms with van der Waals surface area (Å²) >= 11 is 9.54. The van der Waals surface area contributed by atoms with Crippen LogP contribution in [-0.2, 0) is 0 Å². The Morgan fingerprint density at radius 3 is 2.75 bits per heavy atom. The van der Waals surface area contributed by atoms with Crippen LogP contribution in [0.2, 0.25) is 5.02 Å². The molecule has 1 aliphatic rings. The SMILES string of the molecule is Cc1ccc2c(c1)[C@H](N)CC(c1ccc(Cl)cc1Br)O2. The number of benzene rings is 2. The van der Waals surface area contributed by atoms with Crippen LogP contribution in [0, 0.1) is 6.92 Å². The molecule has 3 rings (SSSR count). The Morgan fingerprint density at radius 1 is 1.20 bits per heavy atom. The Kier molecular flexibility index (Phi) is 3.76. The van der Waals surface area contributed by atoms with E-state index in [0.717, 1.165) is 27.8 Å². The second-order valence-electron chi connectivity index (χ2n) is 5.16. The molecule has 1 unspecified atom stereocenters. The number of hydrogen-bond donors (Lipinski definition) is 1. The van der Waals surface area contributed by atoms with Crippen LogP contribution < -0.4 is 10.5 Å². The van der Waals surface area contributed by atoms with Crippen molar-refractivity contribution in [2.45, 2.75) is 25.5 Å². The summed E-state index contributed by atoms with van der Waals surface area (Å²) in [5.74, 6) is 0.876. The first-order valence-corrected chi connectivity index (χ1v) is 7.69. The summed E-state index contributed by atoms with van der Waals surface area (Å²) in [5, 5.41) is 0.705. The molecule has 20 heavy (non-hydrogen) atoms. The van der Waals surface area contributed by atoms with Crippen LogP contribution in [0.5, 0.6) is 5.75 Å². The predicted octanol–water partition coefficient (Wildman–Crippen LogP) is 4.93. The number of nitrogens with two attached hydrogens (primary N) is 1. The third-order valence-corrected chi connectivity index (χ3v) is 4.53. The van der Waals surface area contributed by atoms with Gasteiger partial charge in [-0.15, -0.1) is 0 Å². The highest BCUT2D eigenvalue weighted by atomic mass is 79.9. The molecule has 2 atom stereocenters. The van der Waals surface area contributed by atoms with Gasteiger partial charge in [0.05, 0.1) is 0 Å². The maximum absolute atomic E-state index is 6.30. The van der Waals surface area contributed by atoms with Gasteiger partial charge in [-0.25, -0.2) is 0 Å². The molecule has 0 aliphatic carbocycles. The first-order chi connectivity index (χ1) is 9.54. The van der Waals surface area contributed by atoms with Crippen molar-refractivity contribution in [2.24, 2.45) is 5.73 Å². The number of fused-ring (bicyclic) bond motifs is 1. The summed E-state index contributed by atoms with van der Waals surface area (Å²) in [6.07, 6.45) is 0.711. The van der Waals surface area contributed by atoms with Crippen LogP contribution in [0.1, 0.15) is 35.3 Å². The molecular weight excluding hydrogens is 338 g/mol. The number of rotatable bonds is 1. The molecule has 0 fully saturated rings. The Labute approximate surface area is 132 Å². The summed E-state index contributed by atoms with van der Waals surface area (Å²) in [6.45, 7) is 2.06. The van der Waals surface area contributed by atoms with Crippen LogP contribution in [-0.4, -0.2) is 0 Å². The molecule has 2 aromatic carbocycles. The van der Waals surface area contributed by atoms with Gasteiger partial charge in [-0.1, -0.05) is 51.3 Å². The van der Waals surface area contributed by atoms with E-state index in [2.05, 4.69) is 28.9 Å². The van der Waals surface area contributed by atoms with Crippen molar-refractivity contribution in [2.75, 3.05) is 0 Å². The second-order valence-corrected chi connectivity index (χ2v) is 6.45. The first-order valence-electron chi connectivity index (χ1n) is 6.52. The molecule has 0 spiro atoms. The summed E-state index contributed by atoms with van der Waals surface area (Å²) in [4.78, 5) is 0. The van der Waals surface area contributed by atoms with Gasteiger partial charge in [0.1, 0.15) is 11.9 Å². The largest absolute Gasteiger partial charge is 0.485 e. The lowest BCUT2D eigenvalue weighted by molar-refractivity contribution is 0.161. The molecule has 0 bridgehead atoms. The van der Waals surface area contributed by atoms with Gasteiger partial charge in [-0.05, 0) is 25.1 Å². The highest BCUT2D eigenvalue weighted by Crippen LogP contribution is 2.42. The lowest BCUT2D eigenvalue weighted by Crippen LogP contribution is -2.24. The van der Waals surface area contributed by atoms with Gasteiger partial charge in [-0.3, -0.25) is 0 Å². The maximum Gasteiger partial charge on any atom is 0.127 e. The van der Waals surface area contributed by atoms with E-state index < -0.39 is 0 Å². The summed E-state index contributed by atoms with van der Waals surface area (Å²) < 4.78 is 7.07. The van der Waals surface area contributed by atoms with Crippen molar-refractivity contribution in [3.05, 3.63) is 62.6 Å². The highest BCUT2D eigenvalue weighted by molar-refractivity contribution is 9.10. The quantitative estimate of drug-likeness (QED) is 0.789. The molecule has 2 aromatic rings. The molecular formula is C16H15BrClNO. The average molecular weight is 353 g/mol. The fourth-order valence-electron chi connectivity index (χ4n) is 2.58. The van der Waals surface area contributed by atoms with Crippen molar-refractivity contribution in [3.63, 3.8) is 0 Å². The topological polar surface area (TPSA) is 35.2 Å². The average Bonchev–Trinajstić information content (AvgIpc) is 2.39. The normalized spacial score (nSPS) is 21.2. The Bertz CT molecular complexity index is 659. The van der Waals surface area contributed by atoms with Crippen LogP contribution in [0.3, 0.4) is 0 Å². The Balaban J connectivity index is 1.97. The molecule has 1 aliphatic heterocycles. The minimum atomic E-state index is -0.0492. The molecule has 104 valence electrons. The fraction of sp³-hybridized carbons (Fsp3) is 0.250. The minimum Gasteiger partial charge on any atom is -0.485 e. The zero-order valence-electron chi connectivity index (χ0n) is 11.1. The van der Waals surface area contributed by atoms with E-state index in [9.17, 15) is 0 Å². The Hall–Kier alpha value is -1.03. The maximum atomic E-state index is 6.30. The van der Waals surface area contributed by atoms with Gasteiger partial charge < -0.3 is 10.5 Å². The van der Waals surface area contributed by atoms with E-state index in [-0.39, 0.29) is 12.1 Å². The van der Waals surface area contributed by atoms with Crippen LogP contribution in [0.15, 0.2) is 40.9 Å².